The van der Waals surface area contributed by atoms with E-state index in [1.165, 1.54) is 0 Å². The van der Waals surface area contributed by atoms with Crippen LogP contribution in [-0.4, -0.2) is 15.9 Å². The molecule has 2 heterocycles. The quantitative estimate of drug-likeness (QED) is 0.897. The highest BCUT2D eigenvalue weighted by Gasteiger charge is 2.11. The summed E-state index contributed by atoms with van der Waals surface area (Å²) < 4.78 is 0. The van der Waals surface area contributed by atoms with Crippen LogP contribution < -0.4 is 5.32 Å². The summed E-state index contributed by atoms with van der Waals surface area (Å²) in [4.78, 5) is 19.7. The highest BCUT2D eigenvalue weighted by Crippen LogP contribution is 2.11. The first-order valence-electron chi connectivity index (χ1n) is 5.05. The maximum absolute atomic E-state index is 11.7. The van der Waals surface area contributed by atoms with E-state index in [-0.39, 0.29) is 24.4 Å². The zero-order valence-corrected chi connectivity index (χ0v) is 11.0. The summed E-state index contributed by atoms with van der Waals surface area (Å²) in [5, 5.41) is 4.89. The summed E-state index contributed by atoms with van der Waals surface area (Å²) in [6.07, 6.45) is 3.77. The fourth-order valence-corrected chi connectivity index (χ4v) is 2.15. The second-order valence-corrected chi connectivity index (χ2v) is 4.58. The molecule has 0 aliphatic heterocycles. The lowest BCUT2D eigenvalue weighted by molar-refractivity contribution is -0.121. The van der Waals surface area contributed by atoms with Gasteiger partial charge in [-0.15, -0.1) is 23.7 Å². The van der Waals surface area contributed by atoms with Crippen molar-refractivity contribution < 1.29 is 4.79 Å². The van der Waals surface area contributed by atoms with Crippen LogP contribution in [0.15, 0.2) is 30.0 Å². The number of rotatable bonds is 4. The number of nitrogens with zero attached hydrogens (tertiary/aromatic N) is 1. The van der Waals surface area contributed by atoms with E-state index in [1.54, 1.807) is 23.9 Å². The zero-order valence-electron chi connectivity index (χ0n) is 9.34. The molecule has 0 saturated carbocycles. The van der Waals surface area contributed by atoms with Gasteiger partial charge in [0.2, 0.25) is 5.91 Å². The van der Waals surface area contributed by atoms with E-state index in [0.717, 1.165) is 10.6 Å². The van der Waals surface area contributed by atoms with Gasteiger partial charge >= 0.3 is 0 Å². The number of nitrogens with one attached hydrogen (secondary N) is 2. The van der Waals surface area contributed by atoms with Crippen molar-refractivity contribution in [3.05, 3.63) is 40.6 Å². The van der Waals surface area contributed by atoms with Crippen LogP contribution in [0.5, 0.6) is 0 Å². The van der Waals surface area contributed by atoms with E-state index >= 15 is 0 Å². The molecule has 1 amide bonds. The molecule has 0 saturated heterocycles. The smallest absolute Gasteiger partial charge is 0.225 e. The van der Waals surface area contributed by atoms with Crippen molar-refractivity contribution in [1.29, 1.82) is 0 Å². The van der Waals surface area contributed by atoms with E-state index in [0.29, 0.717) is 6.42 Å². The number of amides is 1. The van der Waals surface area contributed by atoms with Crippen LogP contribution in [-0.2, 0) is 11.2 Å². The average Bonchev–Trinajstić information content (AvgIpc) is 2.88. The predicted molar refractivity (Wildman–Crippen MR) is 70.4 cm³/mol. The fraction of sp³-hybridized carbons (Fsp3) is 0.273. The normalized spacial score (nSPS) is 11.6. The molecule has 1 unspecified atom stereocenters. The Labute approximate surface area is 110 Å². The van der Waals surface area contributed by atoms with Gasteiger partial charge in [0.1, 0.15) is 0 Å². The summed E-state index contributed by atoms with van der Waals surface area (Å²) in [5.41, 5.74) is 0.916. The van der Waals surface area contributed by atoms with Crippen molar-refractivity contribution in [3.8, 4) is 0 Å². The number of aromatic amines is 1. The van der Waals surface area contributed by atoms with Crippen LogP contribution in [0.25, 0.3) is 0 Å². The number of H-pyrrole nitrogens is 1. The van der Waals surface area contributed by atoms with Crippen molar-refractivity contribution in [2.75, 3.05) is 0 Å². The maximum atomic E-state index is 11.7. The van der Waals surface area contributed by atoms with Gasteiger partial charge in [-0.3, -0.25) is 4.79 Å². The summed E-state index contributed by atoms with van der Waals surface area (Å²) >= 11 is 1.59. The topological polar surface area (TPSA) is 57.8 Å². The molecule has 0 aliphatic carbocycles. The summed E-state index contributed by atoms with van der Waals surface area (Å²) in [7, 11) is 0. The minimum Gasteiger partial charge on any atom is -0.348 e. The lowest BCUT2D eigenvalue weighted by Crippen LogP contribution is -2.28. The molecular weight excluding hydrogens is 258 g/mol. The van der Waals surface area contributed by atoms with E-state index < -0.39 is 0 Å². The highest BCUT2D eigenvalue weighted by molar-refractivity contribution is 7.10. The Hall–Kier alpha value is -1.33. The zero-order chi connectivity index (χ0) is 11.4. The molecule has 0 spiro atoms. The molecule has 0 bridgehead atoms. The maximum Gasteiger partial charge on any atom is 0.225 e. The van der Waals surface area contributed by atoms with Crippen LogP contribution in [0, 0.1) is 0 Å². The Balaban J connectivity index is 0.00000144. The van der Waals surface area contributed by atoms with Crippen LogP contribution in [0.2, 0.25) is 0 Å². The number of carbonyl (C=O) groups is 1. The van der Waals surface area contributed by atoms with Gasteiger partial charge in [-0.2, -0.15) is 0 Å². The van der Waals surface area contributed by atoms with Gasteiger partial charge in [-0.05, 0) is 18.4 Å². The molecular formula is C11H14ClN3OS. The summed E-state index contributed by atoms with van der Waals surface area (Å²) in [6.45, 7) is 1.93. The largest absolute Gasteiger partial charge is 0.348 e. The highest BCUT2D eigenvalue weighted by atomic mass is 35.5. The van der Waals surface area contributed by atoms with E-state index in [4.69, 9.17) is 0 Å². The Bertz CT molecular complexity index is 441. The Kier molecular flexibility index (Phi) is 5.18. The number of thiophene rings is 1. The first-order valence-corrected chi connectivity index (χ1v) is 5.93. The summed E-state index contributed by atoms with van der Waals surface area (Å²) in [6, 6.07) is 3.88. The Morgan fingerprint density at radius 3 is 3.06 bits per heavy atom. The Morgan fingerprint density at radius 1 is 1.65 bits per heavy atom. The third kappa shape index (κ3) is 3.87. The molecule has 92 valence electrons. The lowest BCUT2D eigenvalue weighted by Gasteiger charge is -2.11. The molecule has 17 heavy (non-hydrogen) atoms. The molecule has 4 nitrogen and oxygen atoms in total. The van der Waals surface area contributed by atoms with Gasteiger partial charge in [0.25, 0.3) is 0 Å². The standard InChI is InChI=1S/C11H13N3OS.ClH/c1-8(10-6-12-7-13-10)14-11(15)5-9-3-2-4-16-9;/h2-4,6-8H,5H2,1H3,(H,12,13)(H,14,15);1H. The minimum atomic E-state index is -0.0324. The predicted octanol–water partition coefficient (Wildman–Crippen LogP) is 2.31. The molecule has 2 aromatic rings. The first-order chi connectivity index (χ1) is 7.75. The van der Waals surface area contributed by atoms with E-state index in [9.17, 15) is 4.79 Å². The van der Waals surface area contributed by atoms with Gasteiger partial charge in [-0.1, -0.05) is 6.07 Å². The van der Waals surface area contributed by atoms with E-state index in [1.807, 2.05) is 24.4 Å². The van der Waals surface area contributed by atoms with Crippen LogP contribution in [0.1, 0.15) is 23.5 Å². The number of halogens is 1. The molecule has 1 atom stereocenters. The molecule has 2 rings (SSSR count). The fourth-order valence-electron chi connectivity index (χ4n) is 1.45. The SMILES string of the molecule is CC(NC(=O)Cc1cccs1)c1cnc[nH]1.Cl. The van der Waals surface area contributed by atoms with Gasteiger partial charge in [0.05, 0.1) is 30.7 Å². The van der Waals surface area contributed by atoms with Crippen molar-refractivity contribution in [2.45, 2.75) is 19.4 Å². The van der Waals surface area contributed by atoms with Crippen molar-refractivity contribution in [3.63, 3.8) is 0 Å². The Morgan fingerprint density at radius 2 is 2.47 bits per heavy atom. The molecule has 0 fully saturated rings. The number of hydrogen-bond acceptors (Lipinski definition) is 3. The van der Waals surface area contributed by atoms with Crippen LogP contribution in [0.4, 0.5) is 0 Å². The third-order valence-corrected chi connectivity index (χ3v) is 3.15. The average molecular weight is 272 g/mol. The van der Waals surface area contributed by atoms with Crippen LogP contribution >= 0.6 is 23.7 Å². The minimum absolute atomic E-state index is 0. The number of hydrogen-bond donors (Lipinski definition) is 2. The van der Waals surface area contributed by atoms with Gasteiger partial charge < -0.3 is 10.3 Å². The van der Waals surface area contributed by atoms with Crippen molar-refractivity contribution in [1.82, 2.24) is 15.3 Å². The van der Waals surface area contributed by atoms with Gasteiger partial charge in [0, 0.05) is 4.88 Å². The monoisotopic (exact) mass is 271 g/mol. The number of carbonyl (C=O) groups excluding carboxylic acids is 1. The van der Waals surface area contributed by atoms with Crippen LogP contribution in [0.3, 0.4) is 0 Å². The number of aromatic nitrogens is 2. The molecule has 2 N–H and O–H groups in total. The van der Waals surface area contributed by atoms with Gasteiger partial charge in [-0.25, -0.2) is 4.98 Å². The second kappa shape index (κ2) is 6.42. The van der Waals surface area contributed by atoms with Crippen molar-refractivity contribution in [2.24, 2.45) is 0 Å². The molecule has 0 aliphatic rings. The third-order valence-electron chi connectivity index (χ3n) is 2.28. The summed E-state index contributed by atoms with van der Waals surface area (Å²) in [5.74, 6) is 0.0320. The van der Waals surface area contributed by atoms with Gasteiger partial charge in [0.15, 0.2) is 0 Å². The van der Waals surface area contributed by atoms with Crippen molar-refractivity contribution >= 4 is 29.7 Å². The molecule has 6 heteroatoms. The number of imidazole rings is 1. The second-order valence-electron chi connectivity index (χ2n) is 3.55. The molecule has 2 aromatic heterocycles. The molecule has 0 aromatic carbocycles. The lowest BCUT2D eigenvalue weighted by atomic mass is 10.2. The molecule has 0 radical (unpaired) electrons. The van der Waals surface area contributed by atoms with E-state index in [2.05, 4.69) is 15.3 Å². The first kappa shape index (κ1) is 13.7.